The van der Waals surface area contributed by atoms with E-state index in [1.807, 2.05) is 17.9 Å². The molecule has 2 aromatic rings. The number of carbonyl (C=O) groups excluding carboxylic acids is 2. The van der Waals surface area contributed by atoms with Crippen molar-refractivity contribution >= 4 is 40.7 Å². The zero-order chi connectivity index (χ0) is 22.4. The van der Waals surface area contributed by atoms with Crippen LogP contribution in [0.1, 0.15) is 25.3 Å². The van der Waals surface area contributed by atoms with Crippen LogP contribution in [0.2, 0.25) is 10.0 Å². The van der Waals surface area contributed by atoms with E-state index in [1.54, 1.807) is 30.1 Å². The number of piperidine rings is 1. The first-order chi connectivity index (χ1) is 14.8. The molecule has 0 spiro atoms. The summed E-state index contributed by atoms with van der Waals surface area (Å²) in [6.07, 6.45) is 3.06. The van der Waals surface area contributed by atoms with Gasteiger partial charge in [0.15, 0.2) is 0 Å². The molecule has 166 valence electrons. The third-order valence-corrected chi connectivity index (χ3v) is 6.56. The minimum absolute atomic E-state index is 0.0595. The Balaban J connectivity index is 1.47. The predicted molar refractivity (Wildman–Crippen MR) is 127 cm³/mol. The SMILES string of the molecule is CC(C(=O)N1CCC(Cc2ccccc2)CC1)N(C)CC(=O)Nc1c(Cl)cccc1Cl. The third-order valence-electron chi connectivity index (χ3n) is 5.93. The molecule has 7 heteroatoms. The number of nitrogens with zero attached hydrogens (tertiary/aromatic N) is 2. The monoisotopic (exact) mass is 461 g/mol. The molecule has 31 heavy (non-hydrogen) atoms. The maximum absolute atomic E-state index is 13.0. The van der Waals surface area contributed by atoms with Crippen molar-refractivity contribution in [3.8, 4) is 0 Å². The molecule has 1 fully saturated rings. The lowest BCUT2D eigenvalue weighted by Gasteiger charge is -2.35. The summed E-state index contributed by atoms with van der Waals surface area (Å²) in [5.41, 5.74) is 1.74. The van der Waals surface area contributed by atoms with E-state index in [0.29, 0.717) is 21.7 Å². The van der Waals surface area contributed by atoms with Crippen molar-refractivity contribution in [2.45, 2.75) is 32.2 Å². The summed E-state index contributed by atoms with van der Waals surface area (Å²) in [6.45, 7) is 3.43. The zero-order valence-corrected chi connectivity index (χ0v) is 19.5. The fourth-order valence-corrected chi connectivity index (χ4v) is 4.41. The lowest BCUT2D eigenvalue weighted by molar-refractivity contribution is -0.137. The maximum Gasteiger partial charge on any atom is 0.239 e. The van der Waals surface area contributed by atoms with E-state index >= 15 is 0 Å². The van der Waals surface area contributed by atoms with Crippen LogP contribution in [0.3, 0.4) is 0 Å². The van der Waals surface area contributed by atoms with Gasteiger partial charge in [-0.25, -0.2) is 0 Å². The molecular weight excluding hydrogens is 433 g/mol. The van der Waals surface area contributed by atoms with Gasteiger partial charge in [0.1, 0.15) is 0 Å². The van der Waals surface area contributed by atoms with Crippen LogP contribution in [0.25, 0.3) is 0 Å². The Morgan fingerprint density at radius 2 is 1.68 bits per heavy atom. The van der Waals surface area contributed by atoms with Crippen molar-refractivity contribution in [2.75, 3.05) is 32.0 Å². The van der Waals surface area contributed by atoms with Crippen molar-refractivity contribution in [1.82, 2.24) is 9.80 Å². The molecule has 0 aliphatic carbocycles. The van der Waals surface area contributed by atoms with E-state index in [0.717, 1.165) is 32.4 Å². The first-order valence-corrected chi connectivity index (χ1v) is 11.4. The minimum Gasteiger partial charge on any atom is -0.341 e. The fourth-order valence-electron chi connectivity index (χ4n) is 3.92. The second kappa shape index (κ2) is 11.0. The number of halogens is 2. The number of benzene rings is 2. The number of rotatable bonds is 7. The van der Waals surface area contributed by atoms with Crippen molar-refractivity contribution in [3.63, 3.8) is 0 Å². The van der Waals surface area contributed by atoms with Gasteiger partial charge in [-0.2, -0.15) is 0 Å². The van der Waals surface area contributed by atoms with E-state index in [1.165, 1.54) is 5.56 Å². The van der Waals surface area contributed by atoms with Crippen molar-refractivity contribution in [2.24, 2.45) is 5.92 Å². The van der Waals surface area contributed by atoms with Crippen LogP contribution in [0.15, 0.2) is 48.5 Å². The summed E-state index contributed by atoms with van der Waals surface area (Å²) in [5, 5.41) is 3.50. The molecule has 3 rings (SSSR count). The number of para-hydroxylation sites is 1. The average Bonchev–Trinajstić information content (AvgIpc) is 2.76. The van der Waals surface area contributed by atoms with Crippen molar-refractivity contribution in [3.05, 3.63) is 64.1 Å². The van der Waals surface area contributed by atoms with Crippen LogP contribution in [-0.4, -0.2) is 54.3 Å². The first-order valence-electron chi connectivity index (χ1n) is 10.6. The molecule has 5 nitrogen and oxygen atoms in total. The van der Waals surface area contributed by atoms with Crippen LogP contribution in [-0.2, 0) is 16.0 Å². The highest BCUT2D eigenvalue weighted by Gasteiger charge is 2.28. The number of anilines is 1. The molecule has 1 atom stereocenters. The molecule has 1 aliphatic rings. The number of nitrogens with one attached hydrogen (secondary N) is 1. The van der Waals surface area contributed by atoms with Gasteiger partial charge >= 0.3 is 0 Å². The molecule has 1 N–H and O–H groups in total. The van der Waals surface area contributed by atoms with E-state index in [-0.39, 0.29) is 18.4 Å². The van der Waals surface area contributed by atoms with Crippen molar-refractivity contribution in [1.29, 1.82) is 0 Å². The summed E-state index contributed by atoms with van der Waals surface area (Å²) in [6, 6.07) is 15.2. The van der Waals surface area contributed by atoms with E-state index in [2.05, 4.69) is 29.6 Å². The normalized spacial score (nSPS) is 15.7. The quantitative estimate of drug-likeness (QED) is 0.647. The fraction of sp³-hybridized carbons (Fsp3) is 0.417. The number of hydrogen-bond acceptors (Lipinski definition) is 3. The molecule has 0 radical (unpaired) electrons. The smallest absolute Gasteiger partial charge is 0.239 e. The van der Waals surface area contributed by atoms with Gasteiger partial charge in [-0.3, -0.25) is 14.5 Å². The van der Waals surface area contributed by atoms with Crippen LogP contribution in [0.5, 0.6) is 0 Å². The topological polar surface area (TPSA) is 52.7 Å². The Hall–Kier alpha value is -2.08. The molecular formula is C24H29Cl2N3O2. The molecule has 1 heterocycles. The Kier molecular flexibility index (Phi) is 8.35. The summed E-state index contributed by atoms with van der Waals surface area (Å²) >= 11 is 12.2. The van der Waals surface area contributed by atoms with Crippen LogP contribution in [0, 0.1) is 5.92 Å². The molecule has 2 amide bonds. The zero-order valence-electron chi connectivity index (χ0n) is 18.0. The van der Waals surface area contributed by atoms with Gasteiger partial charge in [0.25, 0.3) is 0 Å². The summed E-state index contributed by atoms with van der Waals surface area (Å²) < 4.78 is 0. The second-order valence-corrected chi connectivity index (χ2v) is 9.01. The molecule has 0 bridgehead atoms. The summed E-state index contributed by atoms with van der Waals surface area (Å²) in [4.78, 5) is 29.1. The molecule has 1 unspecified atom stereocenters. The van der Waals surface area contributed by atoms with E-state index in [4.69, 9.17) is 23.2 Å². The molecule has 1 saturated heterocycles. The van der Waals surface area contributed by atoms with E-state index in [9.17, 15) is 9.59 Å². The van der Waals surface area contributed by atoms with Gasteiger partial charge in [0.2, 0.25) is 11.8 Å². The number of likely N-dealkylation sites (tertiary alicyclic amines) is 1. The molecule has 0 aromatic heterocycles. The highest BCUT2D eigenvalue weighted by molar-refractivity contribution is 6.39. The number of likely N-dealkylation sites (N-methyl/N-ethyl adjacent to an activating group) is 1. The van der Waals surface area contributed by atoms with Crippen LogP contribution in [0.4, 0.5) is 5.69 Å². The third kappa shape index (κ3) is 6.45. The number of hydrogen-bond donors (Lipinski definition) is 1. The van der Waals surface area contributed by atoms with Gasteiger partial charge in [-0.1, -0.05) is 59.6 Å². The second-order valence-electron chi connectivity index (χ2n) is 8.19. The molecule has 1 aliphatic heterocycles. The highest BCUT2D eigenvalue weighted by atomic mass is 35.5. The number of amides is 2. The summed E-state index contributed by atoms with van der Waals surface area (Å²) in [7, 11) is 1.78. The number of carbonyl (C=O) groups is 2. The van der Waals surface area contributed by atoms with Gasteiger partial charge in [-0.15, -0.1) is 0 Å². The van der Waals surface area contributed by atoms with Gasteiger partial charge in [0, 0.05) is 13.1 Å². The van der Waals surface area contributed by atoms with Crippen LogP contribution < -0.4 is 5.32 Å². The average molecular weight is 462 g/mol. The van der Waals surface area contributed by atoms with Gasteiger partial charge in [-0.05, 0) is 56.8 Å². The molecule has 0 saturated carbocycles. The minimum atomic E-state index is -0.391. The summed E-state index contributed by atoms with van der Waals surface area (Å²) in [5.74, 6) is 0.397. The predicted octanol–water partition coefficient (Wildman–Crippen LogP) is 4.73. The largest absolute Gasteiger partial charge is 0.341 e. The standard InChI is InChI=1S/C24H29Cl2N3O2/c1-17(28(2)16-22(30)27-23-20(25)9-6-10-21(23)26)24(31)29-13-11-19(12-14-29)15-18-7-4-3-5-8-18/h3-10,17,19H,11-16H2,1-2H3,(H,27,30). The first kappa shape index (κ1) is 23.6. The Bertz CT molecular complexity index is 879. The van der Waals surface area contributed by atoms with Gasteiger partial charge in [0.05, 0.1) is 28.3 Å². The Morgan fingerprint density at radius 3 is 2.29 bits per heavy atom. The van der Waals surface area contributed by atoms with Crippen molar-refractivity contribution < 1.29 is 9.59 Å². The van der Waals surface area contributed by atoms with Gasteiger partial charge < -0.3 is 10.2 Å². The maximum atomic E-state index is 13.0. The Morgan fingerprint density at radius 1 is 1.06 bits per heavy atom. The van der Waals surface area contributed by atoms with Crippen LogP contribution >= 0.6 is 23.2 Å². The highest BCUT2D eigenvalue weighted by Crippen LogP contribution is 2.29. The molecule has 2 aromatic carbocycles. The lowest BCUT2D eigenvalue weighted by atomic mass is 9.90. The Labute approximate surface area is 194 Å². The lowest BCUT2D eigenvalue weighted by Crippen LogP contribution is -2.50. The van der Waals surface area contributed by atoms with E-state index < -0.39 is 6.04 Å².